The summed E-state index contributed by atoms with van der Waals surface area (Å²) < 4.78 is 1.94. The van der Waals surface area contributed by atoms with Gasteiger partial charge in [-0.25, -0.2) is 0 Å². The van der Waals surface area contributed by atoms with Gasteiger partial charge in [0.1, 0.15) is 0 Å². The van der Waals surface area contributed by atoms with Crippen molar-refractivity contribution in [3.8, 4) is 0 Å². The monoisotopic (exact) mass is 222 g/mol. The van der Waals surface area contributed by atoms with Gasteiger partial charge >= 0.3 is 0 Å². The predicted molar refractivity (Wildman–Crippen MR) is 66.1 cm³/mol. The van der Waals surface area contributed by atoms with E-state index in [4.69, 9.17) is 5.73 Å². The topological polar surface area (TPSA) is 47.1 Å². The second-order valence-corrected chi connectivity index (χ2v) is 4.60. The van der Waals surface area contributed by atoms with Crippen LogP contribution in [0.1, 0.15) is 32.6 Å². The number of rotatable bonds is 5. The van der Waals surface area contributed by atoms with E-state index >= 15 is 0 Å². The number of hydrogen-bond acceptors (Lipinski definition) is 3. The van der Waals surface area contributed by atoms with Crippen molar-refractivity contribution in [2.75, 3.05) is 18.8 Å². The van der Waals surface area contributed by atoms with Crippen LogP contribution in [0, 0.1) is 0 Å². The van der Waals surface area contributed by atoms with E-state index in [0.717, 1.165) is 31.4 Å². The molecular weight excluding hydrogens is 200 g/mol. The predicted octanol–water partition coefficient (Wildman–Crippen LogP) is 1.73. The normalized spacial score (nSPS) is 17.4. The number of anilines is 1. The zero-order valence-corrected chi connectivity index (χ0v) is 10.1. The highest BCUT2D eigenvalue weighted by Gasteiger charge is 2.20. The fourth-order valence-electron chi connectivity index (χ4n) is 2.60. The van der Waals surface area contributed by atoms with Crippen LogP contribution < -0.4 is 5.73 Å². The van der Waals surface area contributed by atoms with Gasteiger partial charge in [0.15, 0.2) is 0 Å². The summed E-state index contributed by atoms with van der Waals surface area (Å²) in [5, 5.41) is 4.21. The molecule has 1 heterocycles. The third kappa shape index (κ3) is 2.76. The van der Waals surface area contributed by atoms with Gasteiger partial charge in [0.2, 0.25) is 0 Å². The van der Waals surface area contributed by atoms with Crippen molar-refractivity contribution in [1.82, 2.24) is 14.7 Å². The minimum absolute atomic E-state index is 0.754. The van der Waals surface area contributed by atoms with Crippen molar-refractivity contribution in [2.45, 2.75) is 45.2 Å². The lowest BCUT2D eigenvalue weighted by Crippen LogP contribution is -2.35. The van der Waals surface area contributed by atoms with Gasteiger partial charge in [-0.1, -0.05) is 19.8 Å². The summed E-state index contributed by atoms with van der Waals surface area (Å²) in [7, 11) is 0. The van der Waals surface area contributed by atoms with Gasteiger partial charge in [-0.3, -0.25) is 9.58 Å². The molecule has 1 aromatic heterocycles. The number of hydrogen-bond donors (Lipinski definition) is 1. The molecule has 90 valence electrons. The Bertz CT molecular complexity index is 315. The summed E-state index contributed by atoms with van der Waals surface area (Å²) in [6.07, 6.45) is 9.16. The minimum Gasteiger partial charge on any atom is -0.396 e. The van der Waals surface area contributed by atoms with Gasteiger partial charge in [-0.2, -0.15) is 5.10 Å². The molecule has 1 aromatic rings. The molecule has 2 N–H and O–H groups in total. The molecule has 16 heavy (non-hydrogen) atoms. The van der Waals surface area contributed by atoms with Gasteiger partial charge < -0.3 is 5.73 Å². The zero-order valence-electron chi connectivity index (χ0n) is 10.1. The molecule has 0 atom stereocenters. The van der Waals surface area contributed by atoms with Crippen molar-refractivity contribution in [3.05, 3.63) is 12.4 Å². The fraction of sp³-hybridized carbons (Fsp3) is 0.750. The van der Waals surface area contributed by atoms with Crippen LogP contribution >= 0.6 is 0 Å². The second kappa shape index (κ2) is 5.34. The van der Waals surface area contributed by atoms with Crippen LogP contribution in [0.4, 0.5) is 5.69 Å². The Morgan fingerprint density at radius 1 is 1.50 bits per heavy atom. The molecule has 1 aliphatic rings. The van der Waals surface area contributed by atoms with Crippen LogP contribution in [-0.4, -0.2) is 33.8 Å². The largest absolute Gasteiger partial charge is 0.396 e. The first kappa shape index (κ1) is 11.5. The molecule has 0 unspecified atom stereocenters. The molecule has 0 amide bonds. The first-order chi connectivity index (χ1) is 7.79. The zero-order chi connectivity index (χ0) is 11.4. The van der Waals surface area contributed by atoms with E-state index in [2.05, 4.69) is 16.9 Å². The molecular formula is C12H22N4. The summed E-state index contributed by atoms with van der Waals surface area (Å²) in [4.78, 5) is 2.57. The third-order valence-electron chi connectivity index (χ3n) is 3.52. The molecule has 0 aromatic carbocycles. The number of nitrogen functional groups attached to an aromatic ring is 1. The lowest BCUT2D eigenvalue weighted by molar-refractivity contribution is 0.198. The maximum atomic E-state index is 5.64. The van der Waals surface area contributed by atoms with Crippen LogP contribution in [0.2, 0.25) is 0 Å². The van der Waals surface area contributed by atoms with Gasteiger partial charge in [0.25, 0.3) is 0 Å². The van der Waals surface area contributed by atoms with Gasteiger partial charge in [-0.15, -0.1) is 0 Å². The Morgan fingerprint density at radius 2 is 2.25 bits per heavy atom. The molecule has 0 saturated heterocycles. The first-order valence-corrected chi connectivity index (χ1v) is 6.31. The van der Waals surface area contributed by atoms with E-state index in [1.54, 1.807) is 6.20 Å². The lowest BCUT2D eigenvalue weighted by atomic mass is 10.2. The van der Waals surface area contributed by atoms with E-state index in [1.165, 1.54) is 25.7 Å². The van der Waals surface area contributed by atoms with Crippen LogP contribution in [-0.2, 0) is 6.54 Å². The van der Waals surface area contributed by atoms with Crippen molar-refractivity contribution in [2.24, 2.45) is 0 Å². The summed E-state index contributed by atoms with van der Waals surface area (Å²) in [6, 6.07) is 0.804. The van der Waals surface area contributed by atoms with Crippen molar-refractivity contribution >= 4 is 5.69 Å². The molecule has 2 rings (SSSR count). The van der Waals surface area contributed by atoms with E-state index in [-0.39, 0.29) is 0 Å². The van der Waals surface area contributed by atoms with Gasteiger partial charge in [0.05, 0.1) is 18.4 Å². The highest BCUT2D eigenvalue weighted by molar-refractivity contribution is 5.30. The quantitative estimate of drug-likeness (QED) is 0.825. The number of nitrogens with two attached hydrogens (primary N) is 1. The van der Waals surface area contributed by atoms with Crippen molar-refractivity contribution in [1.29, 1.82) is 0 Å². The highest BCUT2D eigenvalue weighted by atomic mass is 15.3. The molecule has 1 fully saturated rings. The average molecular weight is 222 g/mol. The molecule has 1 aliphatic carbocycles. The van der Waals surface area contributed by atoms with Crippen LogP contribution in [0.5, 0.6) is 0 Å². The minimum atomic E-state index is 0.754. The van der Waals surface area contributed by atoms with Crippen LogP contribution in [0.15, 0.2) is 12.4 Å². The first-order valence-electron chi connectivity index (χ1n) is 6.31. The molecule has 4 nitrogen and oxygen atoms in total. The van der Waals surface area contributed by atoms with E-state index in [1.807, 2.05) is 10.9 Å². The van der Waals surface area contributed by atoms with E-state index in [9.17, 15) is 0 Å². The Balaban J connectivity index is 1.82. The van der Waals surface area contributed by atoms with Crippen LogP contribution in [0.3, 0.4) is 0 Å². The Labute approximate surface area is 97.4 Å². The molecule has 0 bridgehead atoms. The van der Waals surface area contributed by atoms with E-state index < -0.39 is 0 Å². The lowest BCUT2D eigenvalue weighted by Gasteiger charge is -2.27. The smallest absolute Gasteiger partial charge is 0.0719 e. The highest BCUT2D eigenvalue weighted by Crippen LogP contribution is 2.23. The fourth-order valence-corrected chi connectivity index (χ4v) is 2.60. The van der Waals surface area contributed by atoms with Crippen LogP contribution in [0.25, 0.3) is 0 Å². The second-order valence-electron chi connectivity index (χ2n) is 4.60. The van der Waals surface area contributed by atoms with Gasteiger partial charge in [0, 0.05) is 18.8 Å². The Hall–Kier alpha value is -1.03. The molecule has 4 heteroatoms. The summed E-state index contributed by atoms with van der Waals surface area (Å²) >= 11 is 0. The third-order valence-corrected chi connectivity index (χ3v) is 3.52. The maximum Gasteiger partial charge on any atom is 0.0719 e. The summed E-state index contributed by atoms with van der Waals surface area (Å²) in [5.74, 6) is 0. The Kier molecular flexibility index (Phi) is 3.83. The number of aromatic nitrogens is 2. The summed E-state index contributed by atoms with van der Waals surface area (Å²) in [5.41, 5.74) is 6.40. The molecule has 0 radical (unpaired) electrons. The van der Waals surface area contributed by atoms with Crippen molar-refractivity contribution in [3.63, 3.8) is 0 Å². The maximum absolute atomic E-state index is 5.64. The Morgan fingerprint density at radius 3 is 2.81 bits per heavy atom. The molecule has 0 spiro atoms. The van der Waals surface area contributed by atoms with E-state index in [0.29, 0.717) is 0 Å². The summed E-state index contributed by atoms with van der Waals surface area (Å²) in [6.45, 7) is 5.42. The number of likely N-dealkylation sites (N-methyl/N-ethyl adjacent to an activating group) is 1. The standard InChI is InChI=1S/C12H22N4/c1-2-15(12-5-3-4-6-12)7-8-16-10-11(13)9-14-16/h9-10,12H,2-8,13H2,1H3. The number of nitrogens with zero attached hydrogens (tertiary/aromatic N) is 3. The molecule has 0 aliphatic heterocycles. The van der Waals surface area contributed by atoms with Gasteiger partial charge in [-0.05, 0) is 19.4 Å². The average Bonchev–Trinajstić information content (AvgIpc) is 2.91. The SMILES string of the molecule is CCN(CCn1cc(N)cn1)C1CCCC1. The molecule has 1 saturated carbocycles. The van der Waals surface area contributed by atoms with Crippen molar-refractivity contribution < 1.29 is 0 Å².